The third-order valence-electron chi connectivity index (χ3n) is 5.73. The molecule has 0 saturated heterocycles. The molecule has 4 aromatic rings. The second kappa shape index (κ2) is 11.0. The van der Waals surface area contributed by atoms with E-state index in [0.717, 1.165) is 6.07 Å². The maximum absolute atomic E-state index is 13.2. The van der Waals surface area contributed by atoms with Crippen molar-refractivity contribution in [2.75, 3.05) is 12.4 Å². The zero-order valence-electron chi connectivity index (χ0n) is 20.1. The molecule has 0 heterocycles. The molecule has 1 amide bonds. The number of anilines is 1. The van der Waals surface area contributed by atoms with Crippen molar-refractivity contribution in [3.8, 4) is 11.5 Å². The first-order valence-electron chi connectivity index (χ1n) is 11.1. The number of carbonyl (C=O) groups excluding carboxylic acids is 1. The van der Waals surface area contributed by atoms with Gasteiger partial charge in [0, 0.05) is 11.5 Å². The number of azo groups is 1. The lowest BCUT2D eigenvalue weighted by atomic mass is 10.0. The van der Waals surface area contributed by atoms with E-state index in [4.69, 9.17) is 27.9 Å². The van der Waals surface area contributed by atoms with Crippen LogP contribution in [0.1, 0.15) is 22.8 Å². The topological polar surface area (TPSA) is 138 Å². The molecule has 196 valence electrons. The fourth-order valence-corrected chi connectivity index (χ4v) is 5.17. The molecule has 0 unspecified atom stereocenters. The van der Waals surface area contributed by atoms with Gasteiger partial charge in [-0.15, -0.1) is 5.11 Å². The SMILES string of the molecule is CCc1c(N=Nc2c(O)c(C(=O)Nc3cc(OC)ccc3Cl)cc3ccccc23)ccc(S(=O)(=O)O)c1Cl. The molecule has 4 aromatic carbocycles. The van der Waals surface area contributed by atoms with Gasteiger partial charge in [-0.3, -0.25) is 9.35 Å². The van der Waals surface area contributed by atoms with Gasteiger partial charge in [-0.1, -0.05) is 54.4 Å². The van der Waals surface area contributed by atoms with Crippen LogP contribution in [0.4, 0.5) is 17.1 Å². The number of phenols is 1. The van der Waals surface area contributed by atoms with Crippen LogP contribution in [-0.4, -0.2) is 31.1 Å². The summed E-state index contributed by atoms with van der Waals surface area (Å²) in [4.78, 5) is 12.7. The van der Waals surface area contributed by atoms with Crippen molar-refractivity contribution in [3.63, 3.8) is 0 Å². The molecule has 0 aliphatic carbocycles. The summed E-state index contributed by atoms with van der Waals surface area (Å²) in [5, 5.41) is 23.4. The Morgan fingerprint density at radius 2 is 1.79 bits per heavy atom. The molecule has 9 nitrogen and oxygen atoms in total. The van der Waals surface area contributed by atoms with E-state index in [1.807, 2.05) is 0 Å². The van der Waals surface area contributed by atoms with Crippen LogP contribution in [0.5, 0.6) is 11.5 Å². The van der Waals surface area contributed by atoms with Crippen LogP contribution in [-0.2, 0) is 16.5 Å². The highest BCUT2D eigenvalue weighted by atomic mass is 35.5. The smallest absolute Gasteiger partial charge is 0.296 e. The molecule has 0 aliphatic rings. The molecule has 0 atom stereocenters. The van der Waals surface area contributed by atoms with Gasteiger partial charge in [0.05, 0.1) is 34.1 Å². The Kier molecular flexibility index (Phi) is 7.89. The Balaban J connectivity index is 1.81. The van der Waals surface area contributed by atoms with Crippen LogP contribution < -0.4 is 10.1 Å². The lowest BCUT2D eigenvalue weighted by Crippen LogP contribution is -2.12. The number of hydrogen-bond acceptors (Lipinski definition) is 7. The van der Waals surface area contributed by atoms with Gasteiger partial charge in [0.25, 0.3) is 16.0 Å². The van der Waals surface area contributed by atoms with Gasteiger partial charge >= 0.3 is 0 Å². The number of methoxy groups -OCH3 is 1. The lowest BCUT2D eigenvalue weighted by Gasteiger charge is -2.13. The summed E-state index contributed by atoms with van der Waals surface area (Å²) in [6.07, 6.45) is 0.285. The van der Waals surface area contributed by atoms with E-state index in [1.54, 1.807) is 49.4 Å². The van der Waals surface area contributed by atoms with E-state index in [0.29, 0.717) is 22.1 Å². The minimum Gasteiger partial charge on any atom is -0.505 e. The number of carbonyl (C=O) groups is 1. The van der Waals surface area contributed by atoms with Gasteiger partial charge in [0.15, 0.2) is 5.75 Å². The van der Waals surface area contributed by atoms with Crippen LogP contribution in [0.15, 0.2) is 75.8 Å². The zero-order valence-corrected chi connectivity index (χ0v) is 22.4. The Morgan fingerprint density at radius 1 is 1.05 bits per heavy atom. The summed E-state index contributed by atoms with van der Waals surface area (Å²) in [5.41, 5.74) is 0.782. The van der Waals surface area contributed by atoms with Crippen molar-refractivity contribution in [2.45, 2.75) is 18.2 Å². The number of hydrogen-bond donors (Lipinski definition) is 3. The van der Waals surface area contributed by atoms with Gasteiger partial charge < -0.3 is 15.2 Å². The average Bonchev–Trinajstić information content (AvgIpc) is 2.88. The van der Waals surface area contributed by atoms with E-state index in [1.165, 1.54) is 19.2 Å². The van der Waals surface area contributed by atoms with E-state index in [2.05, 4.69) is 15.5 Å². The van der Waals surface area contributed by atoms with Gasteiger partial charge in [-0.25, -0.2) is 0 Å². The molecule has 4 rings (SSSR count). The van der Waals surface area contributed by atoms with Gasteiger partial charge in [0.1, 0.15) is 16.3 Å². The van der Waals surface area contributed by atoms with Crippen LogP contribution >= 0.6 is 23.2 Å². The third kappa shape index (κ3) is 5.44. The van der Waals surface area contributed by atoms with Crippen molar-refractivity contribution in [1.29, 1.82) is 0 Å². The first-order chi connectivity index (χ1) is 18.0. The van der Waals surface area contributed by atoms with E-state index >= 15 is 0 Å². The molecule has 12 heteroatoms. The molecule has 0 spiro atoms. The Bertz CT molecular complexity index is 1710. The van der Waals surface area contributed by atoms with Crippen molar-refractivity contribution in [2.24, 2.45) is 10.2 Å². The van der Waals surface area contributed by atoms with Crippen molar-refractivity contribution < 1.29 is 27.6 Å². The number of aromatic hydroxyl groups is 1. The summed E-state index contributed by atoms with van der Waals surface area (Å²) in [6.45, 7) is 1.73. The molecule has 38 heavy (non-hydrogen) atoms. The van der Waals surface area contributed by atoms with Crippen molar-refractivity contribution in [3.05, 3.63) is 81.8 Å². The predicted octanol–water partition coefficient (Wildman–Crippen LogP) is 7.34. The molecule has 0 aliphatic heterocycles. The summed E-state index contributed by atoms with van der Waals surface area (Å²) in [6, 6.07) is 15.7. The number of phenolic OH excluding ortho intramolecular Hbond substituents is 1. The molecular weight excluding hydrogens is 553 g/mol. The molecule has 3 N–H and O–H groups in total. The van der Waals surface area contributed by atoms with Crippen LogP contribution in [0.2, 0.25) is 10.0 Å². The number of fused-ring (bicyclic) bond motifs is 1. The number of rotatable bonds is 7. The first kappa shape index (κ1) is 27.3. The summed E-state index contributed by atoms with van der Waals surface area (Å²) >= 11 is 12.4. The largest absolute Gasteiger partial charge is 0.505 e. The third-order valence-corrected chi connectivity index (χ3v) is 7.50. The summed E-state index contributed by atoms with van der Waals surface area (Å²) in [5.74, 6) is -0.593. The van der Waals surface area contributed by atoms with Crippen LogP contribution in [0, 0.1) is 0 Å². The highest BCUT2D eigenvalue weighted by Crippen LogP contribution is 2.41. The monoisotopic (exact) mass is 573 g/mol. The second-order valence-electron chi connectivity index (χ2n) is 8.05. The molecule has 0 fully saturated rings. The van der Waals surface area contributed by atoms with Gasteiger partial charge in [-0.05, 0) is 47.7 Å². The number of benzene rings is 4. The maximum atomic E-state index is 13.2. The van der Waals surface area contributed by atoms with Crippen LogP contribution in [0.3, 0.4) is 0 Å². The standard InChI is InChI=1S/C26H21Cl2N3O6S/c1-3-16-20(10-11-22(23(16)28)38(34,35)36)30-31-24-17-7-5-4-6-14(17)12-18(25(24)32)26(33)29-21-13-15(37-2)8-9-19(21)27/h4-13,32H,3H2,1-2H3,(H,29,33)(H,34,35,36). The Labute approximate surface area is 228 Å². The van der Waals surface area contributed by atoms with E-state index in [9.17, 15) is 22.9 Å². The minimum atomic E-state index is -4.54. The minimum absolute atomic E-state index is 0.0158. The van der Waals surface area contributed by atoms with Crippen molar-refractivity contribution >= 4 is 67.1 Å². The molecule has 0 aromatic heterocycles. The lowest BCUT2D eigenvalue weighted by molar-refractivity contribution is 0.102. The summed E-state index contributed by atoms with van der Waals surface area (Å²) < 4.78 is 37.9. The predicted molar refractivity (Wildman–Crippen MR) is 146 cm³/mol. The van der Waals surface area contributed by atoms with Crippen molar-refractivity contribution in [1.82, 2.24) is 0 Å². The molecule has 0 radical (unpaired) electrons. The number of nitrogens with one attached hydrogen (secondary N) is 1. The van der Waals surface area contributed by atoms with E-state index in [-0.39, 0.29) is 39.1 Å². The quantitative estimate of drug-likeness (QED) is 0.156. The Morgan fingerprint density at radius 3 is 2.47 bits per heavy atom. The average molecular weight is 574 g/mol. The second-order valence-corrected chi connectivity index (χ2v) is 10.2. The number of halogens is 2. The molecule has 0 saturated carbocycles. The first-order valence-corrected chi connectivity index (χ1v) is 13.3. The zero-order chi connectivity index (χ0) is 27.6. The highest BCUT2D eigenvalue weighted by Gasteiger charge is 2.21. The molecular formula is C26H21Cl2N3O6S. The fraction of sp³-hybridized carbons (Fsp3) is 0.115. The number of amides is 1. The van der Waals surface area contributed by atoms with Gasteiger partial charge in [0.2, 0.25) is 0 Å². The number of ether oxygens (including phenoxy) is 1. The van der Waals surface area contributed by atoms with E-state index < -0.39 is 26.7 Å². The highest BCUT2D eigenvalue weighted by molar-refractivity contribution is 7.86. The van der Waals surface area contributed by atoms with Crippen LogP contribution in [0.25, 0.3) is 10.8 Å². The van der Waals surface area contributed by atoms with Gasteiger partial charge in [-0.2, -0.15) is 13.5 Å². The summed E-state index contributed by atoms with van der Waals surface area (Å²) in [7, 11) is -3.06. The fourth-order valence-electron chi connectivity index (χ4n) is 3.83. The Hall–Kier alpha value is -3.70. The maximum Gasteiger partial charge on any atom is 0.296 e. The normalized spacial score (nSPS) is 11.7. The number of nitrogens with zero attached hydrogens (tertiary/aromatic N) is 2. The molecule has 0 bridgehead atoms.